The van der Waals surface area contributed by atoms with Gasteiger partial charge in [-0.3, -0.25) is 14.5 Å². The Labute approximate surface area is 158 Å². The van der Waals surface area contributed by atoms with Crippen LogP contribution in [0, 0.1) is 0 Å². The molecule has 2 aromatic rings. The maximum Gasteiger partial charge on any atom is 0.251 e. The Bertz CT molecular complexity index is 802. The molecule has 2 atom stereocenters. The number of hydrogen-bond donors (Lipinski definition) is 1. The summed E-state index contributed by atoms with van der Waals surface area (Å²) in [7, 11) is 0. The Balaban J connectivity index is 1.69. The van der Waals surface area contributed by atoms with Crippen LogP contribution in [0.5, 0.6) is 0 Å². The Morgan fingerprint density at radius 3 is 2.78 bits per heavy atom. The van der Waals surface area contributed by atoms with E-state index in [9.17, 15) is 9.59 Å². The molecule has 1 fully saturated rings. The molecule has 0 unspecified atom stereocenters. The minimum Gasteiger partial charge on any atom is -0.348 e. The number of carbonyl (C=O) groups excluding carboxylic acids is 2. The lowest BCUT2D eigenvalue weighted by atomic mass is 10.1. The van der Waals surface area contributed by atoms with Crippen molar-refractivity contribution in [2.75, 3.05) is 26.2 Å². The van der Waals surface area contributed by atoms with Crippen molar-refractivity contribution in [3.8, 4) is 0 Å². The van der Waals surface area contributed by atoms with Gasteiger partial charge in [0.05, 0.1) is 6.04 Å². The smallest absolute Gasteiger partial charge is 0.251 e. The normalized spacial score (nSPS) is 20.1. The second kappa shape index (κ2) is 8.43. The summed E-state index contributed by atoms with van der Waals surface area (Å²) < 4.78 is 1.51. The van der Waals surface area contributed by atoms with Gasteiger partial charge in [-0.05, 0) is 55.8 Å². The summed E-state index contributed by atoms with van der Waals surface area (Å²) in [5.74, 6) is -0.0148. The van der Waals surface area contributed by atoms with Crippen LogP contribution in [0.3, 0.4) is 0 Å². The number of likely N-dealkylation sites (tertiary alicyclic amines) is 1. The van der Waals surface area contributed by atoms with Crippen molar-refractivity contribution in [3.05, 3.63) is 23.9 Å². The minimum atomic E-state index is -0.169. The van der Waals surface area contributed by atoms with Crippen LogP contribution in [-0.4, -0.2) is 79.9 Å². The number of hydrogen-bond acceptors (Lipinski definition) is 6. The molecule has 2 aromatic heterocycles. The zero-order valence-corrected chi connectivity index (χ0v) is 16.1. The Kier molecular flexibility index (Phi) is 6.00. The van der Waals surface area contributed by atoms with Gasteiger partial charge in [0.25, 0.3) is 5.91 Å². The van der Waals surface area contributed by atoms with Gasteiger partial charge in [-0.15, -0.1) is 5.10 Å². The van der Waals surface area contributed by atoms with E-state index < -0.39 is 0 Å². The molecule has 0 spiro atoms. The van der Waals surface area contributed by atoms with Crippen LogP contribution < -0.4 is 5.32 Å². The number of tetrazole rings is 1. The minimum absolute atomic E-state index is 0.0548. The van der Waals surface area contributed by atoms with Gasteiger partial charge in [-0.25, -0.2) is 4.52 Å². The summed E-state index contributed by atoms with van der Waals surface area (Å²) in [4.78, 5) is 29.6. The lowest BCUT2D eigenvalue weighted by Crippen LogP contribution is -2.45. The van der Waals surface area contributed by atoms with Crippen molar-refractivity contribution < 1.29 is 9.59 Å². The topological polar surface area (TPSA) is 95.7 Å². The molecule has 0 saturated carbocycles. The zero-order chi connectivity index (χ0) is 19.4. The van der Waals surface area contributed by atoms with E-state index in [1.165, 1.54) is 4.52 Å². The molecule has 1 N–H and O–H groups in total. The van der Waals surface area contributed by atoms with Gasteiger partial charge in [0.15, 0.2) is 5.65 Å². The largest absolute Gasteiger partial charge is 0.348 e. The number of rotatable bonds is 7. The fourth-order valence-corrected chi connectivity index (χ4v) is 3.70. The van der Waals surface area contributed by atoms with Gasteiger partial charge < -0.3 is 10.2 Å². The van der Waals surface area contributed by atoms with E-state index in [0.29, 0.717) is 37.3 Å². The third-order valence-electron chi connectivity index (χ3n) is 5.07. The molecule has 1 aliphatic rings. The first-order valence-electron chi connectivity index (χ1n) is 9.58. The number of amides is 2. The van der Waals surface area contributed by atoms with Crippen molar-refractivity contribution in [3.63, 3.8) is 0 Å². The number of likely N-dealkylation sites (N-methyl/N-ethyl adjacent to an activating group) is 1. The summed E-state index contributed by atoms with van der Waals surface area (Å²) in [6, 6.07) is 3.13. The molecule has 0 bridgehead atoms. The molecule has 0 radical (unpaired) electrons. The first-order chi connectivity index (χ1) is 13.1. The maximum absolute atomic E-state index is 12.9. The van der Waals surface area contributed by atoms with Gasteiger partial charge in [0, 0.05) is 37.4 Å². The molecule has 0 aromatic carbocycles. The van der Waals surface area contributed by atoms with Gasteiger partial charge in [-0.2, -0.15) is 0 Å². The average Bonchev–Trinajstić information content (AvgIpc) is 3.29. The quantitative estimate of drug-likeness (QED) is 0.763. The van der Waals surface area contributed by atoms with Crippen molar-refractivity contribution in [1.29, 1.82) is 0 Å². The maximum atomic E-state index is 12.9. The lowest BCUT2D eigenvalue weighted by Gasteiger charge is -2.28. The van der Waals surface area contributed by atoms with E-state index in [-0.39, 0.29) is 23.9 Å². The van der Waals surface area contributed by atoms with E-state index in [2.05, 4.69) is 32.7 Å². The monoisotopic (exact) mass is 373 g/mol. The van der Waals surface area contributed by atoms with E-state index in [1.54, 1.807) is 18.3 Å². The van der Waals surface area contributed by atoms with Crippen molar-refractivity contribution >= 4 is 17.5 Å². The number of carbonyl (C=O) groups is 2. The van der Waals surface area contributed by atoms with Crippen molar-refractivity contribution in [2.45, 2.75) is 45.7 Å². The molecule has 9 nitrogen and oxygen atoms in total. The molecule has 0 aliphatic carbocycles. The highest BCUT2D eigenvalue weighted by Gasteiger charge is 2.38. The van der Waals surface area contributed by atoms with E-state index in [1.807, 2.05) is 18.7 Å². The third kappa shape index (κ3) is 4.08. The predicted octanol–water partition coefficient (Wildman–Crippen LogP) is 0.575. The number of nitrogens with zero attached hydrogens (tertiary/aromatic N) is 6. The SMILES string of the molecule is CCCN1C[C@H](NC(=O)c2ccn3nnnc3c2)C[C@H]1C(=O)N(CC)CC. The molecule has 1 saturated heterocycles. The number of fused-ring (bicyclic) bond motifs is 1. The van der Waals surface area contributed by atoms with Crippen LogP contribution in [0.1, 0.15) is 44.0 Å². The van der Waals surface area contributed by atoms with Crippen molar-refractivity contribution in [1.82, 2.24) is 35.2 Å². The molecule has 3 heterocycles. The summed E-state index contributed by atoms with van der Waals surface area (Å²) in [5, 5.41) is 14.3. The molecule has 9 heteroatoms. The highest BCUT2D eigenvalue weighted by Crippen LogP contribution is 2.21. The fourth-order valence-electron chi connectivity index (χ4n) is 3.70. The second-order valence-electron chi connectivity index (χ2n) is 6.82. The lowest BCUT2D eigenvalue weighted by molar-refractivity contribution is -0.135. The molecule has 1 aliphatic heterocycles. The summed E-state index contributed by atoms with van der Waals surface area (Å²) in [6.45, 7) is 9.04. The first kappa shape index (κ1) is 19.2. The molecule has 3 rings (SSSR count). The van der Waals surface area contributed by atoms with Crippen LogP contribution in [0.4, 0.5) is 0 Å². The first-order valence-corrected chi connectivity index (χ1v) is 9.58. The van der Waals surface area contributed by atoms with Gasteiger partial charge in [0.1, 0.15) is 0 Å². The van der Waals surface area contributed by atoms with Crippen LogP contribution in [0.2, 0.25) is 0 Å². The Hall–Kier alpha value is -2.55. The highest BCUT2D eigenvalue weighted by atomic mass is 16.2. The van der Waals surface area contributed by atoms with E-state index in [0.717, 1.165) is 13.0 Å². The van der Waals surface area contributed by atoms with Gasteiger partial charge in [0.2, 0.25) is 5.91 Å². The average molecular weight is 373 g/mol. The fraction of sp³-hybridized carbons (Fsp3) is 0.611. The summed E-state index contributed by atoms with van der Waals surface area (Å²) >= 11 is 0. The van der Waals surface area contributed by atoms with Crippen LogP contribution in [0.15, 0.2) is 18.3 Å². The standard InChI is InChI=1S/C18H27N7O2/c1-4-8-24-12-14(11-15(24)18(27)23(5-2)6-3)19-17(26)13-7-9-25-16(10-13)20-21-22-25/h7,9-10,14-15H,4-6,8,11-12H2,1-3H3,(H,19,26)/t14-,15+/m1/s1. The third-order valence-corrected chi connectivity index (χ3v) is 5.07. The Morgan fingerprint density at radius 1 is 1.30 bits per heavy atom. The second-order valence-corrected chi connectivity index (χ2v) is 6.82. The predicted molar refractivity (Wildman–Crippen MR) is 100 cm³/mol. The molecular formula is C18H27N7O2. The summed E-state index contributed by atoms with van der Waals surface area (Å²) in [6.07, 6.45) is 3.27. The highest BCUT2D eigenvalue weighted by molar-refractivity contribution is 5.95. The Morgan fingerprint density at radius 2 is 2.07 bits per heavy atom. The van der Waals surface area contributed by atoms with Gasteiger partial charge in [-0.1, -0.05) is 6.92 Å². The van der Waals surface area contributed by atoms with E-state index >= 15 is 0 Å². The summed E-state index contributed by atoms with van der Waals surface area (Å²) in [5.41, 5.74) is 1.04. The molecular weight excluding hydrogens is 346 g/mol. The number of pyridine rings is 1. The van der Waals surface area contributed by atoms with E-state index in [4.69, 9.17) is 0 Å². The van der Waals surface area contributed by atoms with Crippen molar-refractivity contribution in [2.24, 2.45) is 0 Å². The van der Waals surface area contributed by atoms with Crippen LogP contribution >= 0.6 is 0 Å². The number of nitrogens with one attached hydrogen (secondary N) is 1. The van der Waals surface area contributed by atoms with Crippen LogP contribution in [-0.2, 0) is 4.79 Å². The van der Waals surface area contributed by atoms with Crippen LogP contribution in [0.25, 0.3) is 5.65 Å². The zero-order valence-electron chi connectivity index (χ0n) is 16.1. The molecule has 146 valence electrons. The van der Waals surface area contributed by atoms with Gasteiger partial charge >= 0.3 is 0 Å². The number of aromatic nitrogens is 4. The molecule has 2 amide bonds. The molecule has 27 heavy (non-hydrogen) atoms.